The molecule has 132 valence electrons. The van der Waals surface area contributed by atoms with Crippen molar-refractivity contribution >= 4 is 12.4 Å². The zero-order chi connectivity index (χ0) is 16.9. The number of methoxy groups -OCH3 is 1. The van der Waals surface area contributed by atoms with Gasteiger partial charge >= 0.3 is 6.18 Å². The van der Waals surface area contributed by atoms with E-state index in [9.17, 15) is 13.2 Å². The summed E-state index contributed by atoms with van der Waals surface area (Å²) in [5.74, 6) is 0.815. The van der Waals surface area contributed by atoms with Crippen LogP contribution in [0.3, 0.4) is 0 Å². The van der Waals surface area contributed by atoms with Gasteiger partial charge in [-0.3, -0.25) is 0 Å². The van der Waals surface area contributed by atoms with E-state index in [1.165, 1.54) is 19.2 Å². The lowest BCUT2D eigenvalue weighted by molar-refractivity contribution is -0.138. The molecule has 0 aliphatic rings. The van der Waals surface area contributed by atoms with Crippen LogP contribution in [0.1, 0.15) is 23.6 Å². The van der Waals surface area contributed by atoms with Gasteiger partial charge in [0.05, 0.1) is 13.5 Å². The molecule has 2 aromatic rings. The number of benzene rings is 2. The molecule has 0 saturated carbocycles. The summed E-state index contributed by atoms with van der Waals surface area (Å²) in [4.78, 5) is 0. The number of ether oxygens (including phenoxy) is 2. The zero-order valence-corrected chi connectivity index (χ0v) is 13.9. The van der Waals surface area contributed by atoms with E-state index in [1.807, 2.05) is 30.3 Å². The van der Waals surface area contributed by atoms with Crippen LogP contribution < -0.4 is 15.2 Å². The molecule has 0 fully saturated rings. The van der Waals surface area contributed by atoms with Gasteiger partial charge in [0, 0.05) is 6.04 Å². The number of nitrogens with two attached hydrogens (primary N) is 1. The standard InChI is InChI=1S/C17H18F3NO2.ClH/c1-22-15-8-7-13(14(21)10-17(18,19)20)9-16(15)23-11-12-5-3-2-4-6-12;/h2-9,14H,10-11,21H2,1H3;1H/t14-;/m1./s1. The predicted octanol–water partition coefficient (Wildman–Crippen LogP) is 4.65. The molecule has 0 unspecified atom stereocenters. The Morgan fingerprint density at radius 2 is 1.71 bits per heavy atom. The summed E-state index contributed by atoms with van der Waals surface area (Å²) >= 11 is 0. The quantitative estimate of drug-likeness (QED) is 0.814. The minimum absolute atomic E-state index is 0. The summed E-state index contributed by atoms with van der Waals surface area (Å²) in [5, 5.41) is 0. The first-order valence-electron chi connectivity index (χ1n) is 7.06. The fraction of sp³-hybridized carbons (Fsp3) is 0.294. The van der Waals surface area contributed by atoms with Crippen LogP contribution in [0.15, 0.2) is 48.5 Å². The van der Waals surface area contributed by atoms with Gasteiger partial charge in [-0.2, -0.15) is 13.2 Å². The van der Waals surface area contributed by atoms with Gasteiger partial charge < -0.3 is 15.2 Å². The summed E-state index contributed by atoms with van der Waals surface area (Å²) in [5.41, 5.74) is 6.93. The van der Waals surface area contributed by atoms with Gasteiger partial charge in [0.1, 0.15) is 6.61 Å². The van der Waals surface area contributed by atoms with Crippen LogP contribution >= 0.6 is 12.4 Å². The van der Waals surface area contributed by atoms with Crippen molar-refractivity contribution in [3.05, 3.63) is 59.7 Å². The zero-order valence-electron chi connectivity index (χ0n) is 13.0. The van der Waals surface area contributed by atoms with Crippen LogP contribution in [0, 0.1) is 0 Å². The summed E-state index contributed by atoms with van der Waals surface area (Å²) in [7, 11) is 1.47. The Balaban J connectivity index is 0.00000288. The van der Waals surface area contributed by atoms with E-state index in [0.29, 0.717) is 17.1 Å². The Labute approximate surface area is 145 Å². The number of alkyl halides is 3. The molecule has 2 N–H and O–H groups in total. The Hall–Kier alpha value is -1.92. The van der Waals surface area contributed by atoms with Crippen molar-refractivity contribution < 1.29 is 22.6 Å². The van der Waals surface area contributed by atoms with Crippen LogP contribution in [0.25, 0.3) is 0 Å². The van der Waals surface area contributed by atoms with Gasteiger partial charge in [-0.05, 0) is 23.3 Å². The lowest BCUT2D eigenvalue weighted by atomic mass is 10.0. The fourth-order valence-corrected chi connectivity index (χ4v) is 2.14. The number of rotatable bonds is 6. The first kappa shape index (κ1) is 20.1. The van der Waals surface area contributed by atoms with Gasteiger partial charge in [0.15, 0.2) is 11.5 Å². The molecule has 0 aliphatic heterocycles. The van der Waals surface area contributed by atoms with Crippen molar-refractivity contribution in [1.82, 2.24) is 0 Å². The first-order valence-corrected chi connectivity index (χ1v) is 7.06. The van der Waals surface area contributed by atoms with Crippen molar-refractivity contribution in [2.75, 3.05) is 7.11 Å². The lowest BCUT2D eigenvalue weighted by Gasteiger charge is -2.17. The summed E-state index contributed by atoms with van der Waals surface area (Å²) < 4.78 is 48.3. The molecule has 0 radical (unpaired) electrons. The summed E-state index contributed by atoms with van der Waals surface area (Å²) in [6.45, 7) is 0.287. The van der Waals surface area contributed by atoms with E-state index in [1.54, 1.807) is 6.07 Å². The highest BCUT2D eigenvalue weighted by Crippen LogP contribution is 2.34. The molecule has 3 nitrogen and oxygen atoms in total. The second kappa shape index (κ2) is 8.80. The molecule has 1 atom stereocenters. The minimum Gasteiger partial charge on any atom is -0.493 e. The molecule has 0 amide bonds. The molecule has 7 heteroatoms. The molecule has 0 heterocycles. The average molecular weight is 362 g/mol. The van der Waals surface area contributed by atoms with Gasteiger partial charge in [-0.25, -0.2) is 0 Å². The maximum Gasteiger partial charge on any atom is 0.390 e. The third-order valence-corrected chi connectivity index (χ3v) is 3.30. The van der Waals surface area contributed by atoms with Crippen LogP contribution in [0.4, 0.5) is 13.2 Å². The minimum atomic E-state index is -4.32. The Bertz CT molecular complexity index is 635. The monoisotopic (exact) mass is 361 g/mol. The van der Waals surface area contributed by atoms with Gasteiger partial charge in [-0.15, -0.1) is 12.4 Å². The normalized spacial score (nSPS) is 12.2. The third kappa shape index (κ3) is 5.94. The predicted molar refractivity (Wildman–Crippen MR) is 88.6 cm³/mol. The van der Waals surface area contributed by atoms with E-state index in [2.05, 4.69) is 0 Å². The fourth-order valence-electron chi connectivity index (χ4n) is 2.14. The highest BCUT2D eigenvalue weighted by atomic mass is 35.5. The Morgan fingerprint density at radius 1 is 1.04 bits per heavy atom. The molecule has 0 aromatic heterocycles. The van der Waals surface area contributed by atoms with Crippen molar-refractivity contribution in [2.45, 2.75) is 25.2 Å². The van der Waals surface area contributed by atoms with Crippen molar-refractivity contribution in [2.24, 2.45) is 5.73 Å². The Kier molecular flexibility index (Phi) is 7.38. The maximum absolute atomic E-state index is 12.5. The largest absolute Gasteiger partial charge is 0.493 e. The lowest BCUT2D eigenvalue weighted by Crippen LogP contribution is -2.20. The molecular formula is C17H19ClF3NO2. The molecule has 24 heavy (non-hydrogen) atoms. The smallest absolute Gasteiger partial charge is 0.390 e. The van der Waals surface area contributed by atoms with Crippen molar-refractivity contribution in [3.63, 3.8) is 0 Å². The number of hydrogen-bond donors (Lipinski definition) is 1. The second-order valence-electron chi connectivity index (χ2n) is 5.11. The number of hydrogen-bond acceptors (Lipinski definition) is 3. The molecule has 0 saturated heterocycles. The highest BCUT2D eigenvalue weighted by Gasteiger charge is 2.31. The average Bonchev–Trinajstić information content (AvgIpc) is 2.52. The number of halogens is 4. The molecule has 0 aliphatic carbocycles. The molecule has 0 bridgehead atoms. The summed E-state index contributed by atoms with van der Waals surface area (Å²) in [6, 6.07) is 12.9. The van der Waals surface area contributed by atoms with Crippen LogP contribution in [0.2, 0.25) is 0 Å². The summed E-state index contributed by atoms with van der Waals surface area (Å²) in [6.07, 6.45) is -5.40. The SMILES string of the molecule is COc1ccc([C@H](N)CC(F)(F)F)cc1OCc1ccccc1.Cl. The molecule has 2 rings (SSSR count). The van der Waals surface area contributed by atoms with Gasteiger partial charge in [0.2, 0.25) is 0 Å². The van der Waals surface area contributed by atoms with E-state index in [4.69, 9.17) is 15.2 Å². The Morgan fingerprint density at radius 3 is 2.29 bits per heavy atom. The topological polar surface area (TPSA) is 44.5 Å². The maximum atomic E-state index is 12.5. The van der Waals surface area contributed by atoms with Crippen molar-refractivity contribution in [1.29, 1.82) is 0 Å². The van der Waals surface area contributed by atoms with Crippen molar-refractivity contribution in [3.8, 4) is 11.5 Å². The van der Waals surface area contributed by atoms with E-state index in [0.717, 1.165) is 5.56 Å². The second-order valence-corrected chi connectivity index (χ2v) is 5.11. The molecular weight excluding hydrogens is 343 g/mol. The molecule has 0 spiro atoms. The van der Waals surface area contributed by atoms with Crippen LogP contribution in [0.5, 0.6) is 11.5 Å². The molecule has 2 aromatic carbocycles. The van der Waals surface area contributed by atoms with Crippen LogP contribution in [-0.4, -0.2) is 13.3 Å². The van der Waals surface area contributed by atoms with Gasteiger partial charge in [-0.1, -0.05) is 36.4 Å². The van der Waals surface area contributed by atoms with Crippen LogP contribution in [-0.2, 0) is 6.61 Å². The highest BCUT2D eigenvalue weighted by molar-refractivity contribution is 5.85. The third-order valence-electron chi connectivity index (χ3n) is 3.30. The van der Waals surface area contributed by atoms with Gasteiger partial charge in [0.25, 0.3) is 0 Å². The first-order chi connectivity index (χ1) is 10.9. The van der Waals surface area contributed by atoms with E-state index < -0.39 is 18.6 Å². The van der Waals surface area contributed by atoms with E-state index in [-0.39, 0.29) is 19.0 Å². The van der Waals surface area contributed by atoms with E-state index >= 15 is 0 Å².